The topological polar surface area (TPSA) is 0 Å². The summed E-state index contributed by atoms with van der Waals surface area (Å²) in [5, 5.41) is 0. The largest absolute Gasteiger partial charge is 0.0893 e. The maximum absolute atomic E-state index is 3.63. The monoisotopic (exact) mass is 248 g/mol. The van der Waals surface area contributed by atoms with Crippen molar-refractivity contribution < 1.29 is 0 Å². The van der Waals surface area contributed by atoms with Crippen LogP contribution in [0.15, 0.2) is 0 Å². The van der Waals surface area contributed by atoms with Gasteiger partial charge in [-0.05, 0) is 30.1 Å². The molecule has 1 heteroatoms. The Hall–Kier alpha value is 0.480. The van der Waals surface area contributed by atoms with Crippen LogP contribution in [0, 0.1) is 10.8 Å². The van der Waals surface area contributed by atoms with Crippen LogP contribution in [0.3, 0.4) is 0 Å². The van der Waals surface area contributed by atoms with Crippen LogP contribution in [0.25, 0.3) is 0 Å². The van der Waals surface area contributed by atoms with E-state index < -0.39 is 0 Å². The summed E-state index contributed by atoms with van der Waals surface area (Å²) in [6.45, 7) is 13.9. The summed E-state index contributed by atoms with van der Waals surface area (Å²) < 4.78 is 0. The van der Waals surface area contributed by atoms with Gasteiger partial charge in [0.1, 0.15) is 0 Å². The van der Waals surface area contributed by atoms with E-state index in [2.05, 4.69) is 57.5 Å². The number of alkyl halides is 1. The van der Waals surface area contributed by atoms with Gasteiger partial charge in [0, 0.05) is 4.83 Å². The molecule has 1 unspecified atom stereocenters. The fraction of sp³-hybridized carbons (Fsp3) is 1.00. The Morgan fingerprint density at radius 2 is 1.46 bits per heavy atom. The zero-order valence-electron chi connectivity index (χ0n) is 10.1. The molecule has 0 aliphatic carbocycles. The highest BCUT2D eigenvalue weighted by molar-refractivity contribution is 9.09. The van der Waals surface area contributed by atoms with Crippen molar-refractivity contribution in [2.45, 2.75) is 65.6 Å². The fourth-order valence-electron chi connectivity index (χ4n) is 1.58. The summed E-state index contributed by atoms with van der Waals surface area (Å²) >= 11 is 3.63. The first-order valence-corrected chi connectivity index (χ1v) is 6.18. The van der Waals surface area contributed by atoms with Gasteiger partial charge in [0.2, 0.25) is 0 Å². The average molecular weight is 249 g/mol. The Kier molecular flexibility index (Phi) is 4.99. The quantitative estimate of drug-likeness (QED) is 0.614. The second-order valence-electron chi connectivity index (χ2n) is 6.21. The summed E-state index contributed by atoms with van der Waals surface area (Å²) in [5.41, 5.74) is 0.961. The van der Waals surface area contributed by atoms with E-state index in [4.69, 9.17) is 0 Å². The smallest absolute Gasteiger partial charge is 0.0122 e. The maximum Gasteiger partial charge on any atom is 0.0122 e. The van der Waals surface area contributed by atoms with Gasteiger partial charge in [-0.15, -0.1) is 0 Å². The van der Waals surface area contributed by atoms with Crippen molar-refractivity contribution in [2.24, 2.45) is 10.8 Å². The molecule has 13 heavy (non-hydrogen) atoms. The minimum Gasteiger partial charge on any atom is -0.0893 e. The third-order valence-corrected chi connectivity index (χ3v) is 2.71. The molecule has 0 aliphatic heterocycles. The zero-order chi connectivity index (χ0) is 10.7. The first kappa shape index (κ1) is 13.5. The van der Waals surface area contributed by atoms with E-state index in [9.17, 15) is 0 Å². The van der Waals surface area contributed by atoms with E-state index in [0.29, 0.717) is 15.7 Å². The second kappa shape index (κ2) is 4.82. The minimum atomic E-state index is 0.479. The van der Waals surface area contributed by atoms with Crippen molar-refractivity contribution in [1.82, 2.24) is 0 Å². The lowest BCUT2D eigenvalue weighted by Gasteiger charge is -2.29. The molecule has 0 radical (unpaired) electrons. The highest BCUT2D eigenvalue weighted by atomic mass is 79.9. The number of halogens is 1. The van der Waals surface area contributed by atoms with Gasteiger partial charge in [-0.3, -0.25) is 0 Å². The van der Waals surface area contributed by atoms with Crippen molar-refractivity contribution in [3.63, 3.8) is 0 Å². The molecule has 0 fully saturated rings. The van der Waals surface area contributed by atoms with Gasteiger partial charge in [0.05, 0.1) is 0 Å². The van der Waals surface area contributed by atoms with E-state index in [0.717, 1.165) is 0 Å². The van der Waals surface area contributed by atoms with Crippen LogP contribution in [0.5, 0.6) is 0 Å². The average Bonchev–Trinajstić information content (AvgIpc) is 1.79. The Balaban J connectivity index is 3.89. The van der Waals surface area contributed by atoms with E-state index in [1.54, 1.807) is 0 Å². The fourth-order valence-corrected chi connectivity index (χ4v) is 2.45. The molecule has 1 atom stereocenters. The molecule has 0 heterocycles. The van der Waals surface area contributed by atoms with E-state index in [1.165, 1.54) is 19.3 Å². The van der Waals surface area contributed by atoms with Crippen LogP contribution in [0.4, 0.5) is 0 Å². The van der Waals surface area contributed by atoms with Crippen LogP contribution in [-0.4, -0.2) is 4.83 Å². The molecule has 0 aliphatic rings. The Morgan fingerprint density at radius 1 is 1.00 bits per heavy atom. The highest BCUT2D eigenvalue weighted by Gasteiger charge is 2.22. The normalized spacial score (nSPS) is 15.9. The Morgan fingerprint density at radius 3 is 1.77 bits per heavy atom. The minimum absolute atomic E-state index is 0.479. The first-order valence-electron chi connectivity index (χ1n) is 5.26. The van der Waals surface area contributed by atoms with Crippen LogP contribution in [0.1, 0.15) is 60.8 Å². The molecule has 0 aromatic heterocycles. The van der Waals surface area contributed by atoms with E-state index >= 15 is 0 Å². The molecule has 0 saturated heterocycles. The second-order valence-corrected chi connectivity index (χ2v) is 7.77. The summed E-state index contributed by atoms with van der Waals surface area (Å²) in [6.07, 6.45) is 3.91. The van der Waals surface area contributed by atoms with Gasteiger partial charge in [0.25, 0.3) is 0 Å². The van der Waals surface area contributed by atoms with Gasteiger partial charge in [-0.1, -0.05) is 57.5 Å². The van der Waals surface area contributed by atoms with Crippen molar-refractivity contribution in [2.75, 3.05) is 0 Å². The summed E-state index contributed by atoms with van der Waals surface area (Å²) in [5.74, 6) is 0. The van der Waals surface area contributed by atoms with Gasteiger partial charge in [-0.2, -0.15) is 0 Å². The highest BCUT2D eigenvalue weighted by Crippen LogP contribution is 2.34. The summed E-state index contributed by atoms with van der Waals surface area (Å²) in [4.78, 5) is 0.641. The molecule has 0 saturated carbocycles. The van der Waals surface area contributed by atoms with Gasteiger partial charge < -0.3 is 0 Å². The lowest BCUT2D eigenvalue weighted by Crippen LogP contribution is -2.18. The van der Waals surface area contributed by atoms with Crippen molar-refractivity contribution in [3.8, 4) is 0 Å². The summed E-state index contributed by atoms with van der Waals surface area (Å²) in [7, 11) is 0. The molecule has 0 spiro atoms. The first-order chi connectivity index (χ1) is 5.62. The number of rotatable bonds is 4. The van der Waals surface area contributed by atoms with Crippen molar-refractivity contribution in [3.05, 3.63) is 0 Å². The third kappa shape index (κ3) is 8.80. The van der Waals surface area contributed by atoms with Gasteiger partial charge >= 0.3 is 0 Å². The lowest BCUT2D eigenvalue weighted by molar-refractivity contribution is 0.242. The van der Waals surface area contributed by atoms with Crippen LogP contribution in [-0.2, 0) is 0 Å². The lowest BCUT2D eigenvalue weighted by atomic mass is 9.78. The van der Waals surface area contributed by atoms with Crippen molar-refractivity contribution in [1.29, 1.82) is 0 Å². The van der Waals surface area contributed by atoms with Crippen molar-refractivity contribution >= 4 is 15.9 Å². The molecular weight excluding hydrogens is 224 g/mol. The molecule has 0 N–H and O–H groups in total. The predicted octanol–water partition coefficient (Wildman–Crippen LogP) is 5.01. The van der Waals surface area contributed by atoms with E-state index in [-0.39, 0.29) is 0 Å². The van der Waals surface area contributed by atoms with Gasteiger partial charge in [-0.25, -0.2) is 0 Å². The number of hydrogen-bond donors (Lipinski definition) is 0. The van der Waals surface area contributed by atoms with Crippen LogP contribution >= 0.6 is 15.9 Å². The molecule has 0 rings (SSSR count). The molecular formula is C12H25Br. The Bertz CT molecular complexity index is 140. The number of hydrogen-bond acceptors (Lipinski definition) is 0. The standard InChI is InChI=1S/C12H25Br/c1-10(13)9-12(5,6)8-7-11(2,3)4/h10H,7-9H2,1-6H3. The zero-order valence-corrected chi connectivity index (χ0v) is 11.7. The molecule has 80 valence electrons. The van der Waals surface area contributed by atoms with Crippen LogP contribution < -0.4 is 0 Å². The van der Waals surface area contributed by atoms with Crippen LogP contribution in [0.2, 0.25) is 0 Å². The third-order valence-electron chi connectivity index (χ3n) is 2.39. The maximum atomic E-state index is 3.63. The molecule has 0 aromatic carbocycles. The Labute approximate surface area is 92.6 Å². The summed E-state index contributed by atoms with van der Waals surface area (Å²) in [6, 6.07) is 0. The molecule has 0 bridgehead atoms. The SMILES string of the molecule is CC(Br)CC(C)(C)CCC(C)(C)C. The van der Waals surface area contributed by atoms with Gasteiger partial charge in [0.15, 0.2) is 0 Å². The van der Waals surface area contributed by atoms with E-state index in [1.807, 2.05) is 0 Å². The molecule has 0 aromatic rings. The molecule has 0 amide bonds. The predicted molar refractivity (Wildman–Crippen MR) is 65.5 cm³/mol. The molecule has 0 nitrogen and oxygen atoms in total.